The summed E-state index contributed by atoms with van der Waals surface area (Å²) in [6.07, 6.45) is 4.68. The number of cyclic esters (lactones) is 1. The molecule has 0 unspecified atom stereocenters. The molecule has 0 radical (unpaired) electrons. The molecular weight excluding hydrogens is 244 g/mol. The number of benzene rings is 1. The van der Waals surface area contributed by atoms with Crippen molar-refractivity contribution in [2.45, 2.75) is 12.8 Å². The van der Waals surface area contributed by atoms with Crippen molar-refractivity contribution in [3.63, 3.8) is 0 Å². The second kappa shape index (κ2) is 6.00. The molecule has 4 nitrogen and oxygen atoms in total. The van der Waals surface area contributed by atoms with E-state index in [1.54, 1.807) is 6.08 Å². The number of hydrogen-bond acceptors (Lipinski definition) is 4. The molecule has 0 amide bonds. The third-order valence-electron chi connectivity index (χ3n) is 2.74. The highest BCUT2D eigenvalue weighted by Gasteiger charge is 2.21. The minimum absolute atomic E-state index is 0.0472. The summed E-state index contributed by atoms with van der Waals surface area (Å²) in [7, 11) is 1.25. The lowest BCUT2D eigenvalue weighted by Crippen LogP contribution is -2.15. The molecule has 1 aliphatic rings. The van der Waals surface area contributed by atoms with E-state index in [0.29, 0.717) is 18.4 Å². The maximum absolute atomic E-state index is 12.1. The number of rotatable bonds is 2. The summed E-state index contributed by atoms with van der Waals surface area (Å²) in [5.41, 5.74) is 1.24. The van der Waals surface area contributed by atoms with Crippen molar-refractivity contribution in [3.8, 4) is 0 Å². The van der Waals surface area contributed by atoms with E-state index in [-0.39, 0.29) is 5.76 Å². The van der Waals surface area contributed by atoms with Gasteiger partial charge in [-0.1, -0.05) is 36.4 Å². The Morgan fingerprint density at radius 2 is 1.84 bits per heavy atom. The van der Waals surface area contributed by atoms with Crippen LogP contribution in [0.2, 0.25) is 0 Å². The first kappa shape index (κ1) is 13.1. The van der Waals surface area contributed by atoms with Crippen LogP contribution in [0.1, 0.15) is 18.4 Å². The minimum atomic E-state index is -0.636. The van der Waals surface area contributed by atoms with Gasteiger partial charge in [-0.25, -0.2) is 9.59 Å². The average Bonchev–Trinajstić information content (AvgIpc) is 2.43. The van der Waals surface area contributed by atoms with E-state index in [0.717, 1.165) is 5.56 Å². The largest absolute Gasteiger partial charge is 0.463 e. The van der Waals surface area contributed by atoms with Gasteiger partial charge in [0.05, 0.1) is 12.7 Å². The molecule has 0 saturated carbocycles. The van der Waals surface area contributed by atoms with Crippen molar-refractivity contribution in [1.29, 1.82) is 0 Å². The monoisotopic (exact) mass is 258 g/mol. The van der Waals surface area contributed by atoms with Gasteiger partial charge in [0, 0.05) is 0 Å². The number of ether oxygens (including phenoxy) is 2. The van der Waals surface area contributed by atoms with E-state index >= 15 is 0 Å². The van der Waals surface area contributed by atoms with Crippen molar-refractivity contribution in [3.05, 3.63) is 53.8 Å². The molecule has 0 atom stereocenters. The molecule has 0 aliphatic carbocycles. The maximum atomic E-state index is 12.1. The summed E-state index contributed by atoms with van der Waals surface area (Å²) in [5.74, 6) is -1.22. The molecule has 0 N–H and O–H groups in total. The lowest BCUT2D eigenvalue weighted by molar-refractivity contribution is -0.146. The second-order valence-electron chi connectivity index (χ2n) is 4.01. The molecule has 98 valence electrons. The highest BCUT2D eigenvalue weighted by molar-refractivity contribution is 6.17. The van der Waals surface area contributed by atoms with Gasteiger partial charge in [0.1, 0.15) is 0 Å². The number of carbonyl (C=O) groups excluding carboxylic acids is 2. The minimum Gasteiger partial charge on any atom is -0.463 e. The smallest absolute Gasteiger partial charge is 0.373 e. The first-order chi connectivity index (χ1) is 9.22. The van der Waals surface area contributed by atoms with E-state index in [1.165, 1.54) is 7.11 Å². The summed E-state index contributed by atoms with van der Waals surface area (Å²) in [4.78, 5) is 23.5. The standard InChI is InChI=1S/C15H14O4/c1-18-15(17)13-10-6-5-9-12(14(16)19-13)11-7-3-2-4-8-11/h2-4,7-10H,5-6H2,1H3/b12-9-,13-10-. The van der Waals surface area contributed by atoms with Gasteiger partial charge >= 0.3 is 11.9 Å². The number of allylic oxidation sites excluding steroid dienone is 2. The molecule has 1 aliphatic heterocycles. The quantitative estimate of drug-likeness (QED) is 0.765. The van der Waals surface area contributed by atoms with Crippen LogP contribution in [0.4, 0.5) is 0 Å². The van der Waals surface area contributed by atoms with Crippen LogP contribution < -0.4 is 0 Å². The van der Waals surface area contributed by atoms with E-state index in [1.807, 2.05) is 36.4 Å². The van der Waals surface area contributed by atoms with Crippen LogP contribution in [0.25, 0.3) is 5.57 Å². The van der Waals surface area contributed by atoms with Crippen LogP contribution in [-0.4, -0.2) is 19.0 Å². The Morgan fingerprint density at radius 3 is 2.53 bits per heavy atom. The van der Waals surface area contributed by atoms with Crippen LogP contribution >= 0.6 is 0 Å². The SMILES string of the molecule is COC(=O)/C1=C/CC/C=C(/c2ccccc2)C(=O)O1. The Labute approximate surface area is 111 Å². The van der Waals surface area contributed by atoms with Gasteiger partial charge < -0.3 is 9.47 Å². The topological polar surface area (TPSA) is 52.6 Å². The fourth-order valence-electron chi connectivity index (χ4n) is 1.80. The Balaban J connectivity index is 2.25. The third-order valence-corrected chi connectivity index (χ3v) is 2.74. The van der Waals surface area contributed by atoms with Crippen LogP contribution in [0.5, 0.6) is 0 Å². The molecule has 0 bridgehead atoms. The molecule has 0 aromatic heterocycles. The average molecular weight is 258 g/mol. The predicted molar refractivity (Wildman–Crippen MR) is 69.8 cm³/mol. The number of esters is 2. The van der Waals surface area contributed by atoms with Crippen molar-refractivity contribution in [2.75, 3.05) is 7.11 Å². The molecular formula is C15H14O4. The molecule has 1 aromatic carbocycles. The molecule has 1 aromatic rings. The Morgan fingerprint density at radius 1 is 1.16 bits per heavy atom. The van der Waals surface area contributed by atoms with Crippen LogP contribution in [0, 0.1) is 0 Å². The van der Waals surface area contributed by atoms with Crippen molar-refractivity contribution < 1.29 is 19.1 Å². The van der Waals surface area contributed by atoms with Crippen LogP contribution in [-0.2, 0) is 19.1 Å². The van der Waals surface area contributed by atoms with Crippen LogP contribution in [0.15, 0.2) is 48.2 Å². The molecule has 4 heteroatoms. The number of carbonyl (C=O) groups is 2. The predicted octanol–water partition coefficient (Wildman–Crippen LogP) is 2.46. The van der Waals surface area contributed by atoms with Crippen LogP contribution in [0.3, 0.4) is 0 Å². The second-order valence-corrected chi connectivity index (χ2v) is 4.01. The first-order valence-electron chi connectivity index (χ1n) is 5.98. The van der Waals surface area contributed by atoms with Gasteiger partial charge in [-0.2, -0.15) is 0 Å². The van der Waals surface area contributed by atoms with Crippen molar-refractivity contribution in [2.24, 2.45) is 0 Å². The summed E-state index contributed by atoms with van der Waals surface area (Å²) in [6, 6.07) is 9.23. The van der Waals surface area contributed by atoms with E-state index in [2.05, 4.69) is 4.74 Å². The molecule has 0 spiro atoms. The molecule has 0 fully saturated rings. The fraction of sp³-hybridized carbons (Fsp3) is 0.200. The van der Waals surface area contributed by atoms with Crippen molar-refractivity contribution in [1.82, 2.24) is 0 Å². The first-order valence-corrected chi connectivity index (χ1v) is 5.98. The lowest BCUT2D eigenvalue weighted by atomic mass is 10.0. The molecule has 19 heavy (non-hydrogen) atoms. The maximum Gasteiger partial charge on any atom is 0.373 e. The van der Waals surface area contributed by atoms with Gasteiger partial charge in [-0.15, -0.1) is 0 Å². The molecule has 2 rings (SSSR count). The van der Waals surface area contributed by atoms with E-state index < -0.39 is 11.9 Å². The number of methoxy groups -OCH3 is 1. The summed E-state index contributed by atoms with van der Waals surface area (Å²) in [6.45, 7) is 0. The zero-order valence-corrected chi connectivity index (χ0v) is 10.6. The molecule has 0 saturated heterocycles. The zero-order valence-electron chi connectivity index (χ0n) is 10.6. The normalized spacial score (nSPS) is 21.0. The van der Waals surface area contributed by atoms with Gasteiger partial charge in [-0.3, -0.25) is 0 Å². The summed E-state index contributed by atoms with van der Waals surface area (Å²) >= 11 is 0. The van der Waals surface area contributed by atoms with E-state index in [9.17, 15) is 9.59 Å². The van der Waals surface area contributed by atoms with Crippen molar-refractivity contribution >= 4 is 17.5 Å². The van der Waals surface area contributed by atoms with Gasteiger partial charge in [0.2, 0.25) is 5.76 Å². The highest BCUT2D eigenvalue weighted by Crippen LogP contribution is 2.21. The van der Waals surface area contributed by atoms with Gasteiger partial charge in [0.15, 0.2) is 0 Å². The fourth-order valence-corrected chi connectivity index (χ4v) is 1.80. The van der Waals surface area contributed by atoms with Gasteiger partial charge in [0.25, 0.3) is 0 Å². The third kappa shape index (κ3) is 3.10. The Kier molecular flexibility index (Phi) is 4.13. The summed E-state index contributed by atoms with van der Waals surface area (Å²) < 4.78 is 9.66. The van der Waals surface area contributed by atoms with E-state index in [4.69, 9.17) is 4.74 Å². The zero-order chi connectivity index (χ0) is 13.7. The Hall–Kier alpha value is -2.36. The van der Waals surface area contributed by atoms with Gasteiger partial charge in [-0.05, 0) is 24.5 Å². The lowest BCUT2D eigenvalue weighted by Gasteiger charge is -2.12. The number of hydrogen-bond donors (Lipinski definition) is 0. The Bertz CT molecular complexity index is 541. The summed E-state index contributed by atoms with van der Waals surface area (Å²) in [5, 5.41) is 0. The highest BCUT2D eigenvalue weighted by atomic mass is 16.6. The molecule has 1 heterocycles.